The molecule has 0 saturated carbocycles. The molecule has 1 N–H and O–H groups in total. The van der Waals surface area contributed by atoms with Crippen LogP contribution in [0.2, 0.25) is 0 Å². The lowest BCUT2D eigenvalue weighted by atomic mass is 10.2. The standard InChI is InChI=1S/C17H13BrF3N3O/c18-14-4-2-1-3-13(14)16(25)22-8-7-12-10-24-9-11(17(19,20)21)5-6-15(24)23-12/h1-6,9-10H,7-8H2,(H,22,25). The number of nitrogens with zero attached hydrogens (tertiary/aromatic N) is 2. The van der Waals surface area contributed by atoms with E-state index < -0.39 is 11.7 Å². The van der Waals surface area contributed by atoms with E-state index in [0.717, 1.165) is 12.3 Å². The molecular weight excluding hydrogens is 399 g/mol. The first-order valence-corrected chi connectivity index (χ1v) is 8.21. The fraction of sp³-hybridized carbons (Fsp3) is 0.176. The molecule has 0 atom stereocenters. The molecule has 3 aromatic rings. The topological polar surface area (TPSA) is 46.4 Å². The smallest absolute Gasteiger partial charge is 0.352 e. The lowest BCUT2D eigenvalue weighted by Crippen LogP contribution is -2.26. The Morgan fingerprint density at radius 2 is 1.92 bits per heavy atom. The second-order valence-electron chi connectivity index (χ2n) is 5.40. The van der Waals surface area contributed by atoms with E-state index in [4.69, 9.17) is 0 Å². The molecule has 130 valence electrons. The number of carbonyl (C=O) groups excluding carboxylic acids is 1. The summed E-state index contributed by atoms with van der Waals surface area (Å²) in [6.07, 6.45) is -1.43. The van der Waals surface area contributed by atoms with Crippen LogP contribution in [0.1, 0.15) is 21.6 Å². The number of fused-ring (bicyclic) bond motifs is 1. The molecule has 8 heteroatoms. The number of alkyl halides is 3. The van der Waals surface area contributed by atoms with Gasteiger partial charge in [-0.3, -0.25) is 4.79 Å². The van der Waals surface area contributed by atoms with Crippen LogP contribution in [0.4, 0.5) is 13.2 Å². The highest BCUT2D eigenvalue weighted by molar-refractivity contribution is 9.10. The van der Waals surface area contributed by atoms with Gasteiger partial charge < -0.3 is 9.72 Å². The van der Waals surface area contributed by atoms with Crippen LogP contribution in [0.5, 0.6) is 0 Å². The van der Waals surface area contributed by atoms with E-state index in [2.05, 4.69) is 26.2 Å². The van der Waals surface area contributed by atoms with Crippen molar-refractivity contribution in [3.8, 4) is 0 Å². The third-order valence-corrected chi connectivity index (χ3v) is 4.30. The number of carbonyl (C=O) groups is 1. The summed E-state index contributed by atoms with van der Waals surface area (Å²) in [4.78, 5) is 16.3. The summed E-state index contributed by atoms with van der Waals surface area (Å²) in [6, 6.07) is 9.37. The number of hydrogen-bond acceptors (Lipinski definition) is 2. The van der Waals surface area contributed by atoms with E-state index in [1.807, 2.05) is 6.07 Å². The molecule has 0 aliphatic rings. The molecule has 0 radical (unpaired) electrons. The summed E-state index contributed by atoms with van der Waals surface area (Å²) in [5.41, 5.74) is 0.824. The average Bonchev–Trinajstić information content (AvgIpc) is 2.96. The predicted octanol–water partition coefficient (Wildman–Crippen LogP) is 4.09. The molecular formula is C17H13BrF3N3O. The zero-order valence-corrected chi connectivity index (χ0v) is 14.4. The molecule has 1 amide bonds. The number of imidazole rings is 1. The van der Waals surface area contributed by atoms with Gasteiger partial charge in [-0.1, -0.05) is 12.1 Å². The SMILES string of the molecule is O=C(NCCc1cn2cc(C(F)(F)F)ccc2n1)c1ccccc1Br. The molecule has 0 aliphatic carbocycles. The molecule has 0 unspecified atom stereocenters. The molecule has 25 heavy (non-hydrogen) atoms. The van der Waals surface area contributed by atoms with Crippen LogP contribution in [-0.4, -0.2) is 21.8 Å². The first kappa shape index (κ1) is 17.5. The van der Waals surface area contributed by atoms with E-state index in [-0.39, 0.29) is 5.91 Å². The van der Waals surface area contributed by atoms with Gasteiger partial charge in [0.15, 0.2) is 0 Å². The van der Waals surface area contributed by atoms with Crippen LogP contribution < -0.4 is 5.32 Å². The minimum absolute atomic E-state index is 0.226. The zero-order chi connectivity index (χ0) is 18.0. The second kappa shape index (κ2) is 6.87. The number of rotatable bonds is 4. The number of hydrogen-bond donors (Lipinski definition) is 1. The Hall–Kier alpha value is -2.35. The number of aromatic nitrogens is 2. The fourth-order valence-corrected chi connectivity index (χ4v) is 2.84. The van der Waals surface area contributed by atoms with Crippen molar-refractivity contribution >= 4 is 27.5 Å². The number of benzene rings is 1. The van der Waals surface area contributed by atoms with Crippen LogP contribution >= 0.6 is 15.9 Å². The lowest BCUT2D eigenvalue weighted by molar-refractivity contribution is -0.137. The van der Waals surface area contributed by atoms with Crippen molar-refractivity contribution in [1.29, 1.82) is 0 Å². The Kier molecular flexibility index (Phi) is 4.80. The summed E-state index contributed by atoms with van der Waals surface area (Å²) >= 11 is 3.31. The van der Waals surface area contributed by atoms with Gasteiger partial charge in [0.2, 0.25) is 0 Å². The third-order valence-electron chi connectivity index (χ3n) is 3.61. The first-order valence-electron chi connectivity index (χ1n) is 7.42. The summed E-state index contributed by atoms with van der Waals surface area (Å²) in [5.74, 6) is -0.226. The molecule has 0 spiro atoms. The Bertz CT molecular complexity index is 921. The van der Waals surface area contributed by atoms with Gasteiger partial charge in [0.25, 0.3) is 5.91 Å². The second-order valence-corrected chi connectivity index (χ2v) is 6.25. The normalized spacial score (nSPS) is 11.7. The van der Waals surface area contributed by atoms with Crippen molar-refractivity contribution in [3.63, 3.8) is 0 Å². The Morgan fingerprint density at radius 1 is 1.16 bits per heavy atom. The quantitative estimate of drug-likeness (QED) is 0.702. The molecule has 0 bridgehead atoms. The summed E-state index contributed by atoms with van der Waals surface area (Å²) in [6.45, 7) is 0.330. The fourth-order valence-electron chi connectivity index (χ4n) is 2.38. The van der Waals surface area contributed by atoms with Crippen LogP contribution in [0.25, 0.3) is 5.65 Å². The molecule has 1 aromatic carbocycles. The Labute approximate surface area is 149 Å². The summed E-state index contributed by atoms with van der Waals surface area (Å²) in [7, 11) is 0. The monoisotopic (exact) mass is 411 g/mol. The van der Waals surface area contributed by atoms with Crippen LogP contribution in [0.15, 0.2) is 53.3 Å². The molecule has 3 rings (SSSR count). The van der Waals surface area contributed by atoms with Crippen molar-refractivity contribution in [2.45, 2.75) is 12.6 Å². The van der Waals surface area contributed by atoms with Gasteiger partial charge in [-0.2, -0.15) is 13.2 Å². The van der Waals surface area contributed by atoms with E-state index in [1.165, 1.54) is 16.7 Å². The van der Waals surface area contributed by atoms with Crippen molar-refractivity contribution < 1.29 is 18.0 Å². The zero-order valence-electron chi connectivity index (χ0n) is 12.8. The van der Waals surface area contributed by atoms with Gasteiger partial charge in [-0.05, 0) is 40.2 Å². The summed E-state index contributed by atoms with van der Waals surface area (Å²) < 4.78 is 40.2. The maximum atomic E-state index is 12.7. The Morgan fingerprint density at radius 3 is 2.64 bits per heavy atom. The number of halogens is 4. The molecule has 2 heterocycles. The van der Waals surface area contributed by atoms with E-state index >= 15 is 0 Å². The minimum atomic E-state index is -4.39. The first-order chi connectivity index (χ1) is 11.8. The molecule has 4 nitrogen and oxygen atoms in total. The van der Waals surface area contributed by atoms with Crippen LogP contribution in [0.3, 0.4) is 0 Å². The van der Waals surface area contributed by atoms with Crippen molar-refractivity contribution in [2.24, 2.45) is 0 Å². The highest BCUT2D eigenvalue weighted by atomic mass is 79.9. The highest BCUT2D eigenvalue weighted by Gasteiger charge is 2.30. The van der Waals surface area contributed by atoms with Crippen molar-refractivity contribution in [2.75, 3.05) is 6.54 Å². The largest absolute Gasteiger partial charge is 0.417 e. The molecule has 0 fully saturated rings. The van der Waals surface area contributed by atoms with Gasteiger partial charge in [0.1, 0.15) is 5.65 Å². The predicted molar refractivity (Wildman–Crippen MR) is 90.4 cm³/mol. The number of nitrogens with one attached hydrogen (secondary N) is 1. The molecule has 2 aromatic heterocycles. The van der Waals surface area contributed by atoms with Gasteiger partial charge in [-0.15, -0.1) is 0 Å². The summed E-state index contributed by atoms with van der Waals surface area (Å²) in [5, 5.41) is 2.77. The average molecular weight is 412 g/mol. The molecule has 0 aliphatic heterocycles. The van der Waals surface area contributed by atoms with Crippen LogP contribution in [0, 0.1) is 0 Å². The third kappa shape index (κ3) is 4.01. The minimum Gasteiger partial charge on any atom is -0.352 e. The van der Waals surface area contributed by atoms with Crippen molar-refractivity contribution in [1.82, 2.24) is 14.7 Å². The van der Waals surface area contributed by atoms with Gasteiger partial charge in [0.05, 0.1) is 16.8 Å². The highest BCUT2D eigenvalue weighted by Crippen LogP contribution is 2.29. The van der Waals surface area contributed by atoms with Gasteiger partial charge >= 0.3 is 6.18 Å². The number of amides is 1. The maximum Gasteiger partial charge on any atom is 0.417 e. The number of pyridine rings is 1. The Balaban J connectivity index is 1.65. The van der Waals surface area contributed by atoms with E-state index in [9.17, 15) is 18.0 Å². The van der Waals surface area contributed by atoms with Crippen molar-refractivity contribution in [3.05, 3.63) is 70.1 Å². The lowest BCUT2D eigenvalue weighted by Gasteiger charge is -2.06. The van der Waals surface area contributed by atoms with Gasteiger partial charge in [-0.25, -0.2) is 4.98 Å². The van der Waals surface area contributed by atoms with E-state index in [0.29, 0.717) is 34.3 Å². The van der Waals surface area contributed by atoms with Crippen LogP contribution in [-0.2, 0) is 12.6 Å². The molecule has 0 saturated heterocycles. The van der Waals surface area contributed by atoms with E-state index in [1.54, 1.807) is 18.2 Å². The van der Waals surface area contributed by atoms with Gasteiger partial charge in [0, 0.05) is 29.8 Å². The maximum absolute atomic E-state index is 12.7.